The van der Waals surface area contributed by atoms with E-state index in [-0.39, 0.29) is 12.3 Å². The monoisotopic (exact) mass is 404 g/mol. The van der Waals surface area contributed by atoms with Gasteiger partial charge in [-0.1, -0.05) is 76.6 Å². The van der Waals surface area contributed by atoms with E-state index in [1.54, 1.807) is 0 Å². The summed E-state index contributed by atoms with van der Waals surface area (Å²) in [6.45, 7) is 0. The molecule has 26 heavy (non-hydrogen) atoms. The van der Waals surface area contributed by atoms with Crippen molar-refractivity contribution >= 4 is 21.6 Å². The smallest absolute Gasteiger partial charge is 0.213 e. The van der Waals surface area contributed by atoms with Gasteiger partial charge >= 0.3 is 0 Å². The first-order valence-electron chi connectivity index (χ1n) is 8.72. The number of hydrogen-bond acceptors (Lipinski definition) is 3. The van der Waals surface area contributed by atoms with Crippen LogP contribution in [0, 0.1) is 0 Å². The van der Waals surface area contributed by atoms with E-state index in [4.69, 9.17) is 9.84 Å². The molecule has 0 bridgehead atoms. The highest BCUT2D eigenvalue weighted by Crippen LogP contribution is 2.47. The van der Waals surface area contributed by atoms with Gasteiger partial charge in [0.05, 0.1) is 11.8 Å². The fourth-order valence-corrected chi connectivity index (χ4v) is 4.14. The zero-order valence-corrected chi connectivity index (χ0v) is 15.6. The quantitative estimate of drug-likeness (QED) is 0.547. The average molecular weight is 405 g/mol. The van der Waals surface area contributed by atoms with Crippen LogP contribution in [0.2, 0.25) is 0 Å². The Morgan fingerprint density at radius 1 is 0.923 bits per heavy atom. The minimum atomic E-state index is -0.228. The predicted octanol–water partition coefficient (Wildman–Crippen LogP) is 5.69. The topological polar surface area (TPSA) is 24.8 Å². The minimum Gasteiger partial charge on any atom is -0.464 e. The summed E-state index contributed by atoms with van der Waals surface area (Å²) >= 11 is 3.57. The van der Waals surface area contributed by atoms with Gasteiger partial charge in [0.25, 0.3) is 0 Å². The van der Waals surface area contributed by atoms with Crippen LogP contribution in [0.3, 0.4) is 0 Å². The minimum absolute atomic E-state index is 0.194. The summed E-state index contributed by atoms with van der Waals surface area (Å²) in [6.07, 6.45) is 0.656. The van der Waals surface area contributed by atoms with E-state index in [1.165, 1.54) is 11.1 Å². The van der Waals surface area contributed by atoms with Crippen LogP contribution in [0.4, 0.5) is 0 Å². The summed E-state index contributed by atoms with van der Waals surface area (Å²) < 4.78 is 7.41. The highest BCUT2D eigenvalue weighted by molar-refractivity contribution is 9.10. The van der Waals surface area contributed by atoms with Crippen LogP contribution in [0.1, 0.15) is 35.4 Å². The molecule has 2 aliphatic heterocycles. The first-order chi connectivity index (χ1) is 12.8. The molecule has 3 aromatic rings. The lowest BCUT2D eigenvalue weighted by Crippen LogP contribution is -2.33. The van der Waals surface area contributed by atoms with Crippen molar-refractivity contribution in [3.63, 3.8) is 0 Å². The van der Waals surface area contributed by atoms with Gasteiger partial charge in [-0.15, -0.1) is 0 Å². The number of para-hydroxylation sites is 1. The molecule has 0 radical (unpaired) electrons. The second-order valence-electron chi connectivity index (χ2n) is 6.58. The fourth-order valence-electron chi connectivity index (χ4n) is 3.72. The second-order valence-corrected chi connectivity index (χ2v) is 7.49. The van der Waals surface area contributed by atoms with Crippen LogP contribution in [-0.2, 0) is 0 Å². The number of hydrazone groups is 1. The van der Waals surface area contributed by atoms with Crippen LogP contribution < -0.4 is 4.74 Å². The van der Waals surface area contributed by atoms with Crippen LogP contribution >= 0.6 is 15.9 Å². The largest absolute Gasteiger partial charge is 0.464 e. The van der Waals surface area contributed by atoms with Crippen molar-refractivity contribution < 1.29 is 4.74 Å². The highest BCUT2D eigenvalue weighted by Gasteiger charge is 2.40. The third-order valence-corrected chi connectivity index (χ3v) is 5.43. The highest BCUT2D eigenvalue weighted by atomic mass is 79.9. The number of ether oxygens (including phenoxy) is 1. The number of rotatable bonds is 2. The number of nitrogens with zero attached hydrogens (tertiary/aromatic N) is 2. The molecule has 4 heteroatoms. The molecular weight excluding hydrogens is 388 g/mol. The van der Waals surface area contributed by atoms with E-state index in [0.29, 0.717) is 0 Å². The normalized spacial score (nSPS) is 20.8. The molecule has 3 nitrogen and oxygen atoms in total. The van der Waals surface area contributed by atoms with Gasteiger partial charge in [-0.2, -0.15) is 5.10 Å². The summed E-state index contributed by atoms with van der Waals surface area (Å²) in [7, 11) is 0. The molecular formula is C22H17BrN2O. The Kier molecular flexibility index (Phi) is 3.79. The SMILES string of the molecule is Brc1cccc([C@H]2Oc3ccccc3[C@@H]3CC(c4ccccc4)=NN23)c1. The van der Waals surface area contributed by atoms with Crippen LogP contribution in [0.5, 0.6) is 5.75 Å². The first kappa shape index (κ1) is 15.6. The van der Waals surface area contributed by atoms with Gasteiger partial charge in [0.15, 0.2) is 0 Å². The first-order valence-corrected chi connectivity index (χ1v) is 9.51. The van der Waals surface area contributed by atoms with Gasteiger partial charge < -0.3 is 4.74 Å². The van der Waals surface area contributed by atoms with Gasteiger partial charge in [0.2, 0.25) is 6.23 Å². The van der Waals surface area contributed by atoms with E-state index < -0.39 is 0 Å². The van der Waals surface area contributed by atoms with E-state index in [0.717, 1.165) is 27.9 Å². The zero-order valence-electron chi connectivity index (χ0n) is 14.0. The van der Waals surface area contributed by atoms with Crippen molar-refractivity contribution in [2.75, 3.05) is 0 Å². The molecule has 0 saturated heterocycles. The molecule has 0 amide bonds. The van der Waals surface area contributed by atoms with Gasteiger partial charge in [-0.05, 0) is 23.8 Å². The lowest BCUT2D eigenvalue weighted by atomic mass is 9.96. The lowest BCUT2D eigenvalue weighted by Gasteiger charge is -2.38. The molecule has 5 rings (SSSR count). The van der Waals surface area contributed by atoms with Crippen molar-refractivity contribution in [3.8, 4) is 5.75 Å². The molecule has 0 fully saturated rings. The molecule has 2 heterocycles. The standard InChI is InChI=1S/C22H17BrN2O/c23-17-10-6-9-16(13-17)22-25-20(18-11-4-5-12-21(18)26-22)14-19(24-25)15-7-2-1-3-8-15/h1-13,20,22H,14H2/t20-,22+/m0/s1. The predicted molar refractivity (Wildman–Crippen MR) is 106 cm³/mol. The molecule has 0 aromatic heterocycles. The lowest BCUT2D eigenvalue weighted by molar-refractivity contribution is -0.0190. The van der Waals surface area contributed by atoms with Crippen molar-refractivity contribution in [2.45, 2.75) is 18.7 Å². The molecule has 0 unspecified atom stereocenters. The zero-order chi connectivity index (χ0) is 17.5. The number of hydrogen-bond donors (Lipinski definition) is 0. The van der Waals surface area contributed by atoms with E-state index in [9.17, 15) is 0 Å². The Bertz CT molecular complexity index is 986. The summed E-state index contributed by atoms with van der Waals surface area (Å²) in [6, 6.07) is 27.2. The molecule has 0 saturated carbocycles. The maximum Gasteiger partial charge on any atom is 0.213 e. The van der Waals surface area contributed by atoms with Crippen molar-refractivity contribution in [3.05, 3.63) is 100 Å². The molecule has 0 aliphatic carbocycles. The summed E-state index contributed by atoms with van der Waals surface area (Å²) in [5.41, 5.74) is 4.58. The van der Waals surface area contributed by atoms with Crippen LogP contribution in [0.15, 0.2) is 88.4 Å². The van der Waals surface area contributed by atoms with Gasteiger partial charge in [0.1, 0.15) is 5.75 Å². The van der Waals surface area contributed by atoms with Crippen molar-refractivity contribution in [1.82, 2.24) is 5.01 Å². The maximum atomic E-state index is 6.37. The Labute approximate surface area is 161 Å². The third-order valence-electron chi connectivity index (χ3n) is 4.94. The Balaban J connectivity index is 1.61. The molecule has 2 aliphatic rings. The fraction of sp³-hybridized carbons (Fsp3) is 0.136. The molecule has 0 N–H and O–H groups in total. The Hall–Kier alpha value is -2.59. The molecule has 128 valence electrons. The van der Waals surface area contributed by atoms with Gasteiger partial charge in [0, 0.05) is 22.0 Å². The maximum absolute atomic E-state index is 6.37. The summed E-state index contributed by atoms with van der Waals surface area (Å²) in [5.74, 6) is 0.947. The number of benzene rings is 3. The summed E-state index contributed by atoms with van der Waals surface area (Å²) in [4.78, 5) is 0. The molecule has 3 aromatic carbocycles. The molecule has 0 spiro atoms. The van der Waals surface area contributed by atoms with E-state index in [1.807, 2.05) is 24.3 Å². The van der Waals surface area contributed by atoms with Gasteiger partial charge in [-0.3, -0.25) is 0 Å². The summed E-state index contributed by atoms with van der Waals surface area (Å²) in [5, 5.41) is 7.09. The van der Waals surface area contributed by atoms with Gasteiger partial charge in [-0.25, -0.2) is 5.01 Å². The number of fused-ring (bicyclic) bond motifs is 3. The van der Waals surface area contributed by atoms with Crippen molar-refractivity contribution in [1.29, 1.82) is 0 Å². The third kappa shape index (κ3) is 2.61. The average Bonchev–Trinajstić information content (AvgIpc) is 3.14. The molecule has 2 atom stereocenters. The second kappa shape index (κ2) is 6.29. The van der Waals surface area contributed by atoms with E-state index in [2.05, 4.69) is 75.5 Å². The van der Waals surface area contributed by atoms with Crippen LogP contribution in [-0.4, -0.2) is 10.7 Å². The van der Waals surface area contributed by atoms with Crippen LogP contribution in [0.25, 0.3) is 0 Å². The number of halogens is 1. The Morgan fingerprint density at radius 2 is 1.73 bits per heavy atom. The Morgan fingerprint density at radius 3 is 2.58 bits per heavy atom. The van der Waals surface area contributed by atoms with E-state index >= 15 is 0 Å². The van der Waals surface area contributed by atoms with Crippen molar-refractivity contribution in [2.24, 2.45) is 5.10 Å².